The summed E-state index contributed by atoms with van der Waals surface area (Å²) in [7, 11) is 0. The van der Waals surface area contributed by atoms with Crippen LogP contribution in [0.4, 0.5) is 0 Å². The van der Waals surface area contributed by atoms with Crippen LogP contribution in [0.15, 0.2) is 34.7 Å². The molecule has 0 aliphatic carbocycles. The largest absolute Gasteiger partial charge is 0.480 e. The Kier molecular flexibility index (Phi) is 5.51. The van der Waals surface area contributed by atoms with E-state index < -0.39 is 17.9 Å². The number of amides is 1. The highest BCUT2D eigenvalue weighted by molar-refractivity contribution is 5.99. The van der Waals surface area contributed by atoms with Crippen molar-refractivity contribution in [2.24, 2.45) is 0 Å². The second-order valence-corrected chi connectivity index (χ2v) is 5.28. The number of carboxylic acid groups (broad SMARTS) is 1. The van der Waals surface area contributed by atoms with Crippen molar-refractivity contribution in [1.29, 1.82) is 0 Å². The molecule has 1 aromatic carbocycles. The normalized spacial score (nSPS) is 11.9. The summed E-state index contributed by atoms with van der Waals surface area (Å²) in [5.74, 6) is -0.882. The number of benzene rings is 1. The third kappa shape index (κ3) is 4.18. The minimum Gasteiger partial charge on any atom is -0.480 e. The molecule has 0 radical (unpaired) electrons. The lowest BCUT2D eigenvalue weighted by atomic mass is 10.1. The van der Waals surface area contributed by atoms with E-state index in [0.717, 1.165) is 18.4 Å². The molecular weight excluding hydrogens is 296 g/mol. The van der Waals surface area contributed by atoms with E-state index in [1.165, 1.54) is 0 Å². The van der Waals surface area contributed by atoms with Crippen LogP contribution < -0.4 is 5.32 Å². The Morgan fingerprint density at radius 2 is 2.00 bits per heavy atom. The Balaban J connectivity index is 2.24. The first kappa shape index (κ1) is 16.7. The number of carbonyl (C=O) groups excluding carboxylic acids is 1. The SMILES string of the molecule is CCCC[C@H](NC(=O)c1nc(C)oc1-c1ccccc1)C(=O)O. The van der Waals surface area contributed by atoms with Crippen LogP contribution in [-0.2, 0) is 4.79 Å². The van der Waals surface area contributed by atoms with E-state index in [4.69, 9.17) is 4.42 Å². The number of carboxylic acids is 1. The van der Waals surface area contributed by atoms with Crippen molar-refractivity contribution in [2.75, 3.05) is 0 Å². The predicted octanol–water partition coefficient (Wildman–Crippen LogP) is 3.02. The number of hydrogen-bond donors (Lipinski definition) is 2. The van der Waals surface area contributed by atoms with E-state index in [1.54, 1.807) is 6.92 Å². The molecule has 2 aromatic rings. The second kappa shape index (κ2) is 7.58. The summed E-state index contributed by atoms with van der Waals surface area (Å²) in [6.45, 7) is 3.62. The average molecular weight is 316 g/mol. The van der Waals surface area contributed by atoms with Gasteiger partial charge in [-0.05, 0) is 6.42 Å². The Hall–Kier alpha value is -2.63. The van der Waals surface area contributed by atoms with Gasteiger partial charge in [0, 0.05) is 12.5 Å². The summed E-state index contributed by atoms with van der Waals surface area (Å²) < 4.78 is 5.53. The van der Waals surface area contributed by atoms with Gasteiger partial charge in [0.05, 0.1) is 0 Å². The number of rotatable bonds is 7. The van der Waals surface area contributed by atoms with E-state index >= 15 is 0 Å². The summed E-state index contributed by atoms with van der Waals surface area (Å²) in [5.41, 5.74) is 0.829. The number of nitrogens with zero attached hydrogens (tertiary/aromatic N) is 1. The Bertz CT molecular complexity index is 679. The molecule has 0 saturated heterocycles. The summed E-state index contributed by atoms with van der Waals surface area (Å²) in [6, 6.07) is 8.21. The van der Waals surface area contributed by atoms with Gasteiger partial charge in [-0.1, -0.05) is 50.1 Å². The van der Waals surface area contributed by atoms with Gasteiger partial charge in [-0.25, -0.2) is 9.78 Å². The number of oxazole rings is 1. The molecule has 1 atom stereocenters. The summed E-state index contributed by atoms with van der Waals surface area (Å²) in [6.07, 6.45) is 1.97. The van der Waals surface area contributed by atoms with Crippen LogP contribution in [0.1, 0.15) is 42.6 Å². The first-order valence-electron chi connectivity index (χ1n) is 7.59. The van der Waals surface area contributed by atoms with Crippen LogP contribution in [0.2, 0.25) is 0 Å². The molecule has 0 aliphatic heterocycles. The number of hydrogen-bond acceptors (Lipinski definition) is 4. The maximum absolute atomic E-state index is 12.4. The zero-order valence-electron chi connectivity index (χ0n) is 13.2. The fourth-order valence-corrected chi connectivity index (χ4v) is 2.26. The molecule has 1 heterocycles. The standard InChI is InChI=1S/C17H20N2O4/c1-3-4-10-13(17(21)22)19-16(20)14-15(23-11(2)18-14)12-8-6-5-7-9-12/h5-9,13H,3-4,10H2,1-2H3,(H,19,20)(H,21,22)/t13-/m0/s1. The molecule has 0 fully saturated rings. The molecule has 122 valence electrons. The van der Waals surface area contributed by atoms with E-state index in [0.29, 0.717) is 18.1 Å². The van der Waals surface area contributed by atoms with Gasteiger partial charge in [0.25, 0.3) is 5.91 Å². The number of aryl methyl sites for hydroxylation is 1. The lowest BCUT2D eigenvalue weighted by Gasteiger charge is -2.13. The first-order chi connectivity index (χ1) is 11.0. The van der Waals surface area contributed by atoms with Crippen molar-refractivity contribution in [2.45, 2.75) is 39.2 Å². The zero-order valence-corrected chi connectivity index (χ0v) is 13.2. The fraction of sp³-hybridized carbons (Fsp3) is 0.353. The lowest BCUT2D eigenvalue weighted by molar-refractivity contribution is -0.139. The molecule has 1 amide bonds. The first-order valence-corrected chi connectivity index (χ1v) is 7.59. The molecule has 2 N–H and O–H groups in total. The smallest absolute Gasteiger partial charge is 0.326 e. The van der Waals surface area contributed by atoms with Gasteiger partial charge in [-0.2, -0.15) is 0 Å². The fourth-order valence-electron chi connectivity index (χ4n) is 2.26. The summed E-state index contributed by atoms with van der Waals surface area (Å²) in [4.78, 5) is 27.8. The van der Waals surface area contributed by atoms with E-state index in [-0.39, 0.29) is 5.69 Å². The number of unbranched alkanes of at least 4 members (excludes halogenated alkanes) is 1. The highest BCUT2D eigenvalue weighted by Gasteiger charge is 2.25. The number of aromatic nitrogens is 1. The molecule has 1 aromatic heterocycles. The van der Waals surface area contributed by atoms with Crippen LogP contribution >= 0.6 is 0 Å². The highest BCUT2D eigenvalue weighted by atomic mass is 16.4. The summed E-state index contributed by atoms with van der Waals surface area (Å²) in [5, 5.41) is 11.8. The maximum atomic E-state index is 12.4. The van der Waals surface area contributed by atoms with Gasteiger partial charge in [0.15, 0.2) is 17.3 Å². The van der Waals surface area contributed by atoms with E-state index in [9.17, 15) is 14.7 Å². The quantitative estimate of drug-likeness (QED) is 0.819. The molecule has 0 unspecified atom stereocenters. The molecule has 0 bridgehead atoms. The van der Waals surface area contributed by atoms with Crippen LogP contribution in [0.25, 0.3) is 11.3 Å². The molecule has 2 rings (SSSR count). The molecular formula is C17H20N2O4. The van der Waals surface area contributed by atoms with Crippen molar-refractivity contribution in [3.05, 3.63) is 41.9 Å². The number of aliphatic carboxylic acids is 1. The van der Waals surface area contributed by atoms with Gasteiger partial charge >= 0.3 is 5.97 Å². The van der Waals surface area contributed by atoms with Gasteiger partial charge < -0.3 is 14.8 Å². The number of carbonyl (C=O) groups is 2. The monoisotopic (exact) mass is 316 g/mol. The predicted molar refractivity (Wildman–Crippen MR) is 85.1 cm³/mol. The molecule has 0 saturated carbocycles. The lowest BCUT2D eigenvalue weighted by Crippen LogP contribution is -2.41. The van der Waals surface area contributed by atoms with Crippen LogP contribution in [-0.4, -0.2) is 28.0 Å². The molecule has 6 nitrogen and oxygen atoms in total. The van der Waals surface area contributed by atoms with Crippen LogP contribution in [0, 0.1) is 6.92 Å². The topological polar surface area (TPSA) is 92.4 Å². The maximum Gasteiger partial charge on any atom is 0.326 e. The zero-order chi connectivity index (χ0) is 16.8. The van der Waals surface area contributed by atoms with Crippen LogP contribution in [0.3, 0.4) is 0 Å². The average Bonchev–Trinajstić information content (AvgIpc) is 2.94. The third-order valence-electron chi connectivity index (χ3n) is 3.43. The Morgan fingerprint density at radius 3 is 2.61 bits per heavy atom. The minimum absolute atomic E-state index is 0.108. The Morgan fingerprint density at radius 1 is 1.30 bits per heavy atom. The van der Waals surface area contributed by atoms with Gasteiger partial charge in [-0.3, -0.25) is 4.79 Å². The third-order valence-corrected chi connectivity index (χ3v) is 3.43. The molecule has 23 heavy (non-hydrogen) atoms. The second-order valence-electron chi connectivity index (χ2n) is 5.28. The van der Waals surface area contributed by atoms with Crippen molar-refractivity contribution in [3.8, 4) is 11.3 Å². The van der Waals surface area contributed by atoms with Gasteiger partial charge in [-0.15, -0.1) is 0 Å². The van der Waals surface area contributed by atoms with E-state index in [2.05, 4.69) is 10.3 Å². The molecule has 6 heteroatoms. The van der Waals surface area contributed by atoms with Crippen LogP contribution in [0.5, 0.6) is 0 Å². The number of nitrogens with one attached hydrogen (secondary N) is 1. The summed E-state index contributed by atoms with van der Waals surface area (Å²) >= 11 is 0. The van der Waals surface area contributed by atoms with Crippen molar-refractivity contribution >= 4 is 11.9 Å². The molecule has 0 aliphatic rings. The van der Waals surface area contributed by atoms with Crippen molar-refractivity contribution in [1.82, 2.24) is 10.3 Å². The minimum atomic E-state index is -1.05. The van der Waals surface area contributed by atoms with Crippen molar-refractivity contribution < 1.29 is 19.1 Å². The van der Waals surface area contributed by atoms with Gasteiger partial charge in [0.1, 0.15) is 6.04 Å². The van der Waals surface area contributed by atoms with E-state index in [1.807, 2.05) is 37.3 Å². The molecule has 0 spiro atoms. The Labute approximate surface area is 134 Å². The van der Waals surface area contributed by atoms with Crippen molar-refractivity contribution in [3.63, 3.8) is 0 Å². The van der Waals surface area contributed by atoms with Gasteiger partial charge in [0.2, 0.25) is 0 Å². The highest BCUT2D eigenvalue weighted by Crippen LogP contribution is 2.24.